The van der Waals surface area contributed by atoms with E-state index in [1.54, 1.807) is 42.5 Å². The molecule has 0 radical (unpaired) electrons. The van der Waals surface area contributed by atoms with Gasteiger partial charge in [0.25, 0.3) is 23.6 Å². The van der Waals surface area contributed by atoms with Crippen LogP contribution < -0.4 is 19.7 Å². The van der Waals surface area contributed by atoms with Crippen molar-refractivity contribution < 1.29 is 28.7 Å². The van der Waals surface area contributed by atoms with Crippen molar-refractivity contribution in [3.63, 3.8) is 0 Å². The molecule has 5 aromatic carbocycles. The van der Waals surface area contributed by atoms with E-state index in [1.165, 1.54) is 4.90 Å². The summed E-state index contributed by atoms with van der Waals surface area (Å²) in [6.45, 7) is 8.39. The van der Waals surface area contributed by atoms with Crippen LogP contribution in [-0.2, 0) is 5.41 Å². The van der Waals surface area contributed by atoms with Crippen LogP contribution in [0.4, 0.5) is 5.69 Å². The molecule has 0 aromatic heterocycles. The first-order valence-corrected chi connectivity index (χ1v) is 15.7. The van der Waals surface area contributed by atoms with Gasteiger partial charge in [-0.1, -0.05) is 64.1 Å². The molecule has 4 amide bonds. The second-order valence-electron chi connectivity index (χ2n) is 12.8. The lowest BCUT2D eigenvalue weighted by molar-refractivity contribution is 0.0874. The molecule has 0 unspecified atom stereocenters. The Morgan fingerprint density at radius 3 is 1.65 bits per heavy atom. The highest BCUT2D eigenvalue weighted by Crippen LogP contribution is 2.37. The molecule has 0 atom stereocenters. The molecule has 0 fully saturated rings. The smallest absolute Gasteiger partial charge is 0.266 e. The molecule has 1 N–H and O–H groups in total. The van der Waals surface area contributed by atoms with Crippen molar-refractivity contribution in [2.24, 2.45) is 0 Å². The second-order valence-corrected chi connectivity index (χ2v) is 12.8. The number of nitrogens with zero attached hydrogens (tertiary/aromatic N) is 1. The van der Waals surface area contributed by atoms with Crippen LogP contribution in [0, 0.1) is 0 Å². The van der Waals surface area contributed by atoms with Crippen molar-refractivity contribution in [2.75, 3.05) is 4.90 Å². The van der Waals surface area contributed by atoms with E-state index in [0.29, 0.717) is 50.9 Å². The van der Waals surface area contributed by atoms with Crippen LogP contribution in [0.25, 0.3) is 0 Å². The minimum Gasteiger partial charge on any atom is -0.457 e. The van der Waals surface area contributed by atoms with Crippen LogP contribution >= 0.6 is 0 Å². The fourth-order valence-corrected chi connectivity index (χ4v) is 6.07. The predicted octanol–water partition coefficient (Wildman–Crippen LogP) is 8.40. The van der Waals surface area contributed by atoms with Gasteiger partial charge in [0.05, 0.1) is 27.9 Å². The van der Waals surface area contributed by atoms with Gasteiger partial charge in [-0.05, 0) is 95.4 Å². The van der Waals surface area contributed by atoms with Gasteiger partial charge >= 0.3 is 0 Å². The average molecular weight is 637 g/mol. The fourth-order valence-electron chi connectivity index (χ4n) is 6.07. The van der Waals surface area contributed by atoms with E-state index in [1.807, 2.05) is 66.7 Å². The van der Waals surface area contributed by atoms with Crippen molar-refractivity contribution in [1.29, 1.82) is 0 Å². The summed E-state index contributed by atoms with van der Waals surface area (Å²) in [6, 6.07) is 32.8. The van der Waals surface area contributed by atoms with Gasteiger partial charge in [0.1, 0.15) is 23.0 Å². The van der Waals surface area contributed by atoms with Gasteiger partial charge < -0.3 is 9.47 Å². The number of hydrogen-bond acceptors (Lipinski definition) is 6. The topological polar surface area (TPSA) is 102 Å². The minimum atomic E-state index is -0.428. The van der Waals surface area contributed by atoms with Crippen molar-refractivity contribution >= 4 is 29.3 Å². The average Bonchev–Trinajstić information content (AvgIpc) is 3.50. The number of anilines is 1. The molecule has 0 bridgehead atoms. The Kier molecular flexibility index (Phi) is 7.43. The molecule has 0 spiro atoms. The summed E-state index contributed by atoms with van der Waals surface area (Å²) in [5, 5.41) is 2.28. The van der Waals surface area contributed by atoms with Crippen LogP contribution in [0.15, 0.2) is 109 Å². The number of amides is 4. The number of ether oxygens (including phenoxy) is 2. The Morgan fingerprint density at radius 1 is 0.562 bits per heavy atom. The molecule has 48 heavy (non-hydrogen) atoms. The van der Waals surface area contributed by atoms with Crippen LogP contribution in [0.5, 0.6) is 23.0 Å². The molecule has 7 rings (SSSR count). The highest BCUT2D eigenvalue weighted by molar-refractivity contribution is 6.34. The molecule has 8 nitrogen and oxygen atoms in total. The maximum Gasteiger partial charge on any atom is 0.266 e. The van der Waals surface area contributed by atoms with Crippen LogP contribution in [-0.4, -0.2) is 23.6 Å². The monoisotopic (exact) mass is 636 g/mol. The molecule has 5 aromatic rings. The maximum absolute atomic E-state index is 13.4. The second kappa shape index (κ2) is 11.7. The lowest BCUT2D eigenvalue weighted by atomic mass is 9.78. The molecular formula is C40H32N2O6. The summed E-state index contributed by atoms with van der Waals surface area (Å²) in [5.41, 5.74) is 4.70. The molecule has 0 saturated carbocycles. The Bertz CT molecular complexity index is 2130. The first-order chi connectivity index (χ1) is 23.0. The largest absolute Gasteiger partial charge is 0.457 e. The van der Waals surface area contributed by atoms with Crippen molar-refractivity contribution in [3.05, 3.63) is 148 Å². The fraction of sp³-hybridized carbons (Fsp3) is 0.150. The molecule has 2 aliphatic heterocycles. The Morgan fingerprint density at radius 2 is 1.06 bits per heavy atom. The quantitative estimate of drug-likeness (QED) is 0.172. The van der Waals surface area contributed by atoms with E-state index in [-0.39, 0.29) is 23.1 Å². The lowest BCUT2D eigenvalue weighted by Gasteiger charge is -2.26. The molecule has 2 heterocycles. The standard InChI is InChI=1S/C40H32N2O6/c1-23(2)24-6-5-7-27(20-24)42-38(45)33-19-17-31(22-35(33)39(42)46)48-29-14-10-26(11-15-29)40(3,4)25-8-12-28(13-9-25)47-30-16-18-32-34(21-30)37(44)41-36(32)43/h5-23H,1-4H3,(H,41,43,44). The number of rotatable bonds is 8. The van der Waals surface area contributed by atoms with E-state index in [9.17, 15) is 19.2 Å². The van der Waals surface area contributed by atoms with Crippen LogP contribution in [0.1, 0.15) is 91.7 Å². The van der Waals surface area contributed by atoms with Gasteiger partial charge in [0.15, 0.2) is 0 Å². The normalized spacial score (nSPS) is 13.9. The molecule has 0 saturated heterocycles. The minimum absolute atomic E-state index is 0.265. The number of benzene rings is 5. The Labute approximate surface area is 277 Å². The molecule has 0 aliphatic carbocycles. The van der Waals surface area contributed by atoms with E-state index in [4.69, 9.17) is 9.47 Å². The Hall–Kier alpha value is -6.02. The Balaban J connectivity index is 1.04. The van der Waals surface area contributed by atoms with Gasteiger partial charge in [-0.2, -0.15) is 0 Å². The van der Waals surface area contributed by atoms with Crippen molar-refractivity contribution in [2.45, 2.75) is 39.0 Å². The summed E-state index contributed by atoms with van der Waals surface area (Å²) in [5.74, 6) is 0.853. The zero-order valence-corrected chi connectivity index (χ0v) is 26.9. The van der Waals surface area contributed by atoms with Crippen LogP contribution in [0.2, 0.25) is 0 Å². The number of nitrogens with one attached hydrogen (secondary N) is 1. The van der Waals surface area contributed by atoms with Gasteiger partial charge in [-0.3, -0.25) is 24.5 Å². The SMILES string of the molecule is CC(C)c1cccc(N2C(=O)c3ccc(Oc4ccc(C(C)(C)c5ccc(Oc6ccc7c(c6)C(=O)NC7=O)cc5)cc4)cc3C2=O)c1. The zero-order chi connectivity index (χ0) is 33.7. The van der Waals surface area contributed by atoms with Gasteiger partial charge in [0.2, 0.25) is 0 Å². The first-order valence-electron chi connectivity index (χ1n) is 15.7. The number of fused-ring (bicyclic) bond motifs is 2. The van der Waals surface area contributed by atoms with E-state index in [2.05, 4.69) is 33.0 Å². The number of carbonyl (C=O) groups is 4. The predicted molar refractivity (Wildman–Crippen MR) is 182 cm³/mol. The first kappa shape index (κ1) is 30.6. The zero-order valence-electron chi connectivity index (χ0n) is 26.9. The van der Waals surface area contributed by atoms with Gasteiger partial charge in [-0.25, -0.2) is 4.90 Å². The van der Waals surface area contributed by atoms with E-state index < -0.39 is 11.8 Å². The lowest BCUT2D eigenvalue weighted by Crippen LogP contribution is -2.29. The maximum atomic E-state index is 13.4. The summed E-state index contributed by atoms with van der Waals surface area (Å²) < 4.78 is 12.1. The highest BCUT2D eigenvalue weighted by atomic mass is 16.5. The van der Waals surface area contributed by atoms with E-state index in [0.717, 1.165) is 16.7 Å². The molecule has 2 aliphatic rings. The summed E-state index contributed by atoms with van der Waals surface area (Å²) >= 11 is 0. The highest BCUT2D eigenvalue weighted by Gasteiger charge is 2.37. The van der Waals surface area contributed by atoms with Gasteiger partial charge in [-0.15, -0.1) is 0 Å². The summed E-state index contributed by atoms with van der Waals surface area (Å²) in [6.07, 6.45) is 0. The number of imide groups is 2. The van der Waals surface area contributed by atoms with Gasteiger partial charge in [0, 0.05) is 5.41 Å². The summed E-state index contributed by atoms with van der Waals surface area (Å²) in [7, 11) is 0. The van der Waals surface area contributed by atoms with Crippen LogP contribution in [0.3, 0.4) is 0 Å². The molecular weight excluding hydrogens is 604 g/mol. The molecule has 238 valence electrons. The third-order valence-corrected chi connectivity index (χ3v) is 8.98. The van der Waals surface area contributed by atoms with Crippen molar-refractivity contribution in [3.8, 4) is 23.0 Å². The van der Waals surface area contributed by atoms with Crippen molar-refractivity contribution in [1.82, 2.24) is 5.32 Å². The third-order valence-electron chi connectivity index (χ3n) is 8.98. The number of carbonyl (C=O) groups excluding carboxylic acids is 4. The van der Waals surface area contributed by atoms with E-state index >= 15 is 0 Å². The summed E-state index contributed by atoms with van der Waals surface area (Å²) in [4.78, 5) is 51.6. The third kappa shape index (κ3) is 5.41. The number of hydrogen-bond donors (Lipinski definition) is 1. The molecule has 8 heteroatoms.